The standard InChI is InChI=1S/C12H27NO2Si/c1-12(2,3)16(4,5)15-9-11-7-6-10(8-14)13-11/h10-11,13-14H,6-9H2,1-5H3. The Morgan fingerprint density at radius 2 is 1.81 bits per heavy atom. The van der Waals surface area contributed by atoms with Crippen molar-refractivity contribution in [2.45, 2.75) is 63.8 Å². The number of aliphatic hydroxyl groups is 1. The Bertz CT molecular complexity index is 226. The van der Waals surface area contributed by atoms with Gasteiger partial charge in [-0.25, -0.2) is 0 Å². The average Bonchev–Trinajstić information content (AvgIpc) is 2.60. The van der Waals surface area contributed by atoms with Gasteiger partial charge in [0.15, 0.2) is 8.32 Å². The van der Waals surface area contributed by atoms with Gasteiger partial charge in [0.2, 0.25) is 0 Å². The van der Waals surface area contributed by atoms with Crippen LogP contribution < -0.4 is 5.32 Å². The van der Waals surface area contributed by atoms with Gasteiger partial charge in [0.1, 0.15) is 0 Å². The summed E-state index contributed by atoms with van der Waals surface area (Å²) in [6.07, 6.45) is 2.20. The van der Waals surface area contributed by atoms with E-state index in [4.69, 9.17) is 9.53 Å². The maximum atomic E-state index is 9.05. The molecule has 4 heteroatoms. The van der Waals surface area contributed by atoms with Crippen molar-refractivity contribution in [1.82, 2.24) is 5.32 Å². The van der Waals surface area contributed by atoms with Gasteiger partial charge < -0.3 is 14.8 Å². The van der Waals surface area contributed by atoms with Gasteiger partial charge in [-0.05, 0) is 31.0 Å². The average molecular weight is 245 g/mol. The highest BCUT2D eigenvalue weighted by Crippen LogP contribution is 2.36. The third-order valence-electron chi connectivity index (χ3n) is 4.01. The van der Waals surface area contributed by atoms with Crippen LogP contribution in [-0.2, 0) is 4.43 Å². The Balaban J connectivity index is 2.35. The Morgan fingerprint density at radius 1 is 1.25 bits per heavy atom. The molecule has 2 N–H and O–H groups in total. The minimum atomic E-state index is -1.61. The van der Waals surface area contributed by atoms with E-state index in [1.165, 1.54) is 0 Å². The van der Waals surface area contributed by atoms with Gasteiger partial charge in [-0.15, -0.1) is 0 Å². The van der Waals surface area contributed by atoms with Crippen molar-refractivity contribution in [3.63, 3.8) is 0 Å². The van der Waals surface area contributed by atoms with Crippen LogP contribution in [0.25, 0.3) is 0 Å². The van der Waals surface area contributed by atoms with Crippen molar-refractivity contribution in [3.8, 4) is 0 Å². The quantitative estimate of drug-likeness (QED) is 0.746. The van der Waals surface area contributed by atoms with Gasteiger partial charge >= 0.3 is 0 Å². The van der Waals surface area contributed by atoms with Crippen LogP contribution in [0, 0.1) is 0 Å². The van der Waals surface area contributed by atoms with Crippen molar-refractivity contribution in [3.05, 3.63) is 0 Å². The van der Waals surface area contributed by atoms with Crippen molar-refractivity contribution in [2.75, 3.05) is 13.2 Å². The fourth-order valence-electron chi connectivity index (χ4n) is 1.70. The van der Waals surface area contributed by atoms with Gasteiger partial charge in [0.05, 0.1) is 6.61 Å². The summed E-state index contributed by atoms with van der Waals surface area (Å²) >= 11 is 0. The van der Waals surface area contributed by atoms with E-state index < -0.39 is 8.32 Å². The van der Waals surface area contributed by atoms with Crippen LogP contribution in [0.4, 0.5) is 0 Å². The topological polar surface area (TPSA) is 41.5 Å². The summed E-state index contributed by atoms with van der Waals surface area (Å²) in [4.78, 5) is 0. The van der Waals surface area contributed by atoms with Crippen LogP contribution in [-0.4, -0.2) is 38.7 Å². The van der Waals surface area contributed by atoms with Crippen LogP contribution in [0.2, 0.25) is 18.1 Å². The van der Waals surface area contributed by atoms with Crippen LogP contribution in [0.5, 0.6) is 0 Å². The number of rotatable bonds is 4. The highest BCUT2D eigenvalue weighted by atomic mass is 28.4. The Morgan fingerprint density at radius 3 is 2.25 bits per heavy atom. The second kappa shape index (κ2) is 5.17. The van der Waals surface area contributed by atoms with Gasteiger partial charge in [-0.1, -0.05) is 20.8 Å². The summed E-state index contributed by atoms with van der Waals surface area (Å²) in [6.45, 7) is 12.4. The van der Waals surface area contributed by atoms with Crippen LogP contribution in [0.15, 0.2) is 0 Å². The molecular weight excluding hydrogens is 218 g/mol. The maximum absolute atomic E-state index is 9.05. The molecule has 3 nitrogen and oxygen atoms in total. The van der Waals surface area contributed by atoms with Crippen molar-refractivity contribution in [2.24, 2.45) is 0 Å². The monoisotopic (exact) mass is 245 g/mol. The molecule has 0 saturated carbocycles. The van der Waals surface area contributed by atoms with E-state index in [1.807, 2.05) is 0 Å². The molecule has 1 aliphatic rings. The largest absolute Gasteiger partial charge is 0.415 e. The first-order valence-electron chi connectivity index (χ1n) is 6.27. The molecule has 1 aliphatic heterocycles. The van der Waals surface area contributed by atoms with E-state index >= 15 is 0 Å². The summed E-state index contributed by atoms with van der Waals surface area (Å²) in [7, 11) is -1.61. The molecule has 0 bridgehead atoms. The fraction of sp³-hybridized carbons (Fsp3) is 1.00. The second-order valence-electron chi connectivity index (χ2n) is 6.39. The Labute approximate surface area is 101 Å². The normalized spacial score (nSPS) is 27.4. The van der Waals surface area contributed by atoms with Gasteiger partial charge in [0, 0.05) is 18.7 Å². The summed E-state index contributed by atoms with van der Waals surface area (Å²) in [5.41, 5.74) is 0. The first-order chi connectivity index (χ1) is 7.26. The minimum Gasteiger partial charge on any atom is -0.415 e. The zero-order chi connectivity index (χ0) is 12.4. The van der Waals surface area contributed by atoms with Crippen LogP contribution >= 0.6 is 0 Å². The summed E-state index contributed by atoms with van der Waals surface area (Å²) < 4.78 is 6.17. The first-order valence-corrected chi connectivity index (χ1v) is 9.18. The van der Waals surface area contributed by atoms with Crippen molar-refractivity contribution < 1.29 is 9.53 Å². The number of hydrogen-bond acceptors (Lipinski definition) is 3. The summed E-state index contributed by atoms with van der Waals surface area (Å²) in [6, 6.07) is 0.722. The van der Waals surface area contributed by atoms with E-state index in [0.717, 1.165) is 19.4 Å². The van der Waals surface area contributed by atoms with E-state index in [-0.39, 0.29) is 17.7 Å². The van der Waals surface area contributed by atoms with Gasteiger partial charge in [-0.2, -0.15) is 0 Å². The van der Waals surface area contributed by atoms with E-state index in [9.17, 15) is 0 Å². The molecule has 1 heterocycles. The van der Waals surface area contributed by atoms with Crippen LogP contribution in [0.1, 0.15) is 33.6 Å². The molecule has 16 heavy (non-hydrogen) atoms. The predicted octanol–water partition coefficient (Wildman–Crippen LogP) is 2.12. The lowest BCUT2D eigenvalue weighted by Gasteiger charge is -2.37. The number of aliphatic hydroxyl groups excluding tert-OH is 1. The van der Waals surface area contributed by atoms with Gasteiger partial charge in [0.25, 0.3) is 0 Å². The molecule has 2 unspecified atom stereocenters. The van der Waals surface area contributed by atoms with E-state index in [0.29, 0.717) is 6.04 Å². The lowest BCUT2D eigenvalue weighted by Crippen LogP contribution is -2.44. The third-order valence-corrected chi connectivity index (χ3v) is 8.51. The highest BCUT2D eigenvalue weighted by molar-refractivity contribution is 6.74. The Kier molecular flexibility index (Phi) is 4.57. The maximum Gasteiger partial charge on any atom is 0.192 e. The zero-order valence-electron chi connectivity index (χ0n) is 11.3. The highest BCUT2D eigenvalue weighted by Gasteiger charge is 2.38. The molecular formula is C12H27NO2Si. The Hall–Kier alpha value is 0.0969. The molecule has 0 aromatic carbocycles. The molecule has 0 spiro atoms. The molecule has 1 fully saturated rings. The van der Waals surface area contributed by atoms with Crippen molar-refractivity contribution >= 4 is 8.32 Å². The van der Waals surface area contributed by atoms with E-state index in [2.05, 4.69) is 39.2 Å². The minimum absolute atomic E-state index is 0.247. The molecule has 0 radical (unpaired) electrons. The molecule has 0 amide bonds. The predicted molar refractivity (Wildman–Crippen MR) is 70.2 cm³/mol. The lowest BCUT2D eigenvalue weighted by atomic mass is 10.2. The SMILES string of the molecule is CC(C)(C)[Si](C)(C)OCC1CCC(CO)N1. The zero-order valence-corrected chi connectivity index (χ0v) is 12.3. The second-order valence-corrected chi connectivity index (χ2v) is 11.2. The molecule has 0 aliphatic carbocycles. The van der Waals surface area contributed by atoms with Crippen LogP contribution in [0.3, 0.4) is 0 Å². The van der Waals surface area contributed by atoms with Gasteiger partial charge in [-0.3, -0.25) is 0 Å². The molecule has 1 rings (SSSR count). The molecule has 1 saturated heterocycles. The number of nitrogens with one attached hydrogen (secondary N) is 1. The number of hydrogen-bond donors (Lipinski definition) is 2. The van der Waals surface area contributed by atoms with E-state index in [1.54, 1.807) is 0 Å². The molecule has 96 valence electrons. The smallest absolute Gasteiger partial charge is 0.192 e. The summed E-state index contributed by atoms with van der Waals surface area (Å²) in [5, 5.41) is 12.7. The first kappa shape index (κ1) is 14.2. The molecule has 0 aromatic heterocycles. The summed E-state index contributed by atoms with van der Waals surface area (Å²) in [5.74, 6) is 0. The molecule has 2 atom stereocenters. The third kappa shape index (κ3) is 3.55. The molecule has 0 aromatic rings. The van der Waals surface area contributed by atoms with Crippen molar-refractivity contribution in [1.29, 1.82) is 0 Å². The fourth-order valence-corrected chi connectivity index (χ4v) is 2.75. The lowest BCUT2D eigenvalue weighted by molar-refractivity contribution is 0.227.